The number of anilines is 1. The molecule has 4 nitrogen and oxygen atoms in total. The van der Waals surface area contributed by atoms with Crippen molar-refractivity contribution in [2.75, 3.05) is 18.5 Å². The van der Waals surface area contributed by atoms with Crippen LogP contribution in [0.4, 0.5) is 10.1 Å². The van der Waals surface area contributed by atoms with Gasteiger partial charge in [0.2, 0.25) is 0 Å². The molecule has 2 N–H and O–H groups in total. The largest absolute Gasteiger partial charge is 0.382 e. The number of halogens is 1. The molecule has 1 aliphatic rings. The Morgan fingerprint density at radius 1 is 1.55 bits per heavy atom. The molecule has 110 valence electrons. The van der Waals surface area contributed by atoms with Crippen LogP contribution in [0.1, 0.15) is 37.0 Å². The lowest BCUT2D eigenvalue weighted by Gasteiger charge is -2.21. The highest BCUT2D eigenvalue weighted by atomic mass is 19.1. The molecule has 1 amide bonds. The minimum Gasteiger partial charge on any atom is -0.382 e. The molecular weight excluding hydrogens is 259 g/mol. The van der Waals surface area contributed by atoms with E-state index in [9.17, 15) is 9.18 Å². The van der Waals surface area contributed by atoms with Crippen molar-refractivity contribution in [2.45, 2.75) is 38.8 Å². The van der Waals surface area contributed by atoms with Gasteiger partial charge in [-0.3, -0.25) is 4.79 Å². The third kappa shape index (κ3) is 3.28. The van der Waals surface area contributed by atoms with Gasteiger partial charge in [0.05, 0.1) is 23.4 Å². The van der Waals surface area contributed by atoms with Crippen LogP contribution in [-0.2, 0) is 4.74 Å². The number of carbonyl (C=O) groups excluding carboxylic acids is 1. The van der Waals surface area contributed by atoms with Gasteiger partial charge in [-0.15, -0.1) is 0 Å². The van der Waals surface area contributed by atoms with E-state index in [1.807, 2.05) is 13.8 Å². The summed E-state index contributed by atoms with van der Waals surface area (Å²) in [5.41, 5.74) is 0.587. The van der Waals surface area contributed by atoms with Crippen LogP contribution in [0.5, 0.6) is 0 Å². The summed E-state index contributed by atoms with van der Waals surface area (Å²) in [6.07, 6.45) is 2.02. The van der Waals surface area contributed by atoms with Crippen molar-refractivity contribution in [3.05, 3.63) is 29.6 Å². The molecule has 1 aromatic carbocycles. The van der Waals surface area contributed by atoms with Crippen molar-refractivity contribution in [3.63, 3.8) is 0 Å². The van der Waals surface area contributed by atoms with Crippen molar-refractivity contribution >= 4 is 11.6 Å². The predicted molar refractivity (Wildman–Crippen MR) is 76.5 cm³/mol. The number of carbonyl (C=O) groups is 1. The van der Waals surface area contributed by atoms with Crippen molar-refractivity contribution in [2.24, 2.45) is 0 Å². The van der Waals surface area contributed by atoms with Crippen molar-refractivity contribution in [1.82, 2.24) is 5.32 Å². The molecule has 2 rings (SSSR count). The minimum atomic E-state index is -0.413. The summed E-state index contributed by atoms with van der Waals surface area (Å²) in [6, 6.07) is 4.43. The first-order chi connectivity index (χ1) is 9.63. The van der Waals surface area contributed by atoms with Crippen molar-refractivity contribution in [1.29, 1.82) is 0 Å². The van der Waals surface area contributed by atoms with E-state index in [-0.39, 0.29) is 23.7 Å². The Morgan fingerprint density at radius 3 is 3.00 bits per heavy atom. The van der Waals surface area contributed by atoms with E-state index >= 15 is 0 Å². The van der Waals surface area contributed by atoms with Crippen LogP contribution in [0.3, 0.4) is 0 Å². The highest BCUT2D eigenvalue weighted by Crippen LogP contribution is 2.21. The van der Waals surface area contributed by atoms with Gasteiger partial charge in [-0.25, -0.2) is 4.39 Å². The van der Waals surface area contributed by atoms with E-state index < -0.39 is 5.82 Å². The Balaban J connectivity index is 2.10. The highest BCUT2D eigenvalue weighted by molar-refractivity contribution is 5.99. The second-order valence-electron chi connectivity index (χ2n) is 5.01. The van der Waals surface area contributed by atoms with E-state index in [1.54, 1.807) is 12.1 Å². The molecule has 0 radical (unpaired) electrons. The maximum atomic E-state index is 13.8. The smallest absolute Gasteiger partial charge is 0.253 e. The first-order valence-electron chi connectivity index (χ1n) is 7.08. The first kappa shape index (κ1) is 14.8. The maximum absolute atomic E-state index is 13.8. The van der Waals surface area contributed by atoms with Crippen LogP contribution in [0.2, 0.25) is 0 Å². The molecule has 20 heavy (non-hydrogen) atoms. The van der Waals surface area contributed by atoms with Crippen LogP contribution in [0.15, 0.2) is 18.2 Å². The third-order valence-electron chi connectivity index (χ3n) is 3.49. The first-order valence-corrected chi connectivity index (χ1v) is 7.08. The number of amides is 1. The summed E-state index contributed by atoms with van der Waals surface area (Å²) in [7, 11) is 0. The van der Waals surface area contributed by atoms with Crippen molar-refractivity contribution < 1.29 is 13.9 Å². The highest BCUT2D eigenvalue weighted by Gasteiger charge is 2.25. The number of hydrogen-bond acceptors (Lipinski definition) is 3. The molecule has 1 fully saturated rings. The predicted octanol–water partition coefficient (Wildman–Crippen LogP) is 2.55. The van der Waals surface area contributed by atoms with Crippen molar-refractivity contribution in [3.8, 4) is 0 Å². The van der Waals surface area contributed by atoms with Gasteiger partial charge in [-0.05, 0) is 38.8 Å². The van der Waals surface area contributed by atoms with Crippen LogP contribution in [0.25, 0.3) is 0 Å². The lowest BCUT2D eigenvalue weighted by molar-refractivity contribution is 0.0712. The zero-order valence-electron chi connectivity index (χ0n) is 11.9. The average Bonchev–Trinajstić information content (AvgIpc) is 2.95. The Hall–Kier alpha value is -1.62. The second-order valence-corrected chi connectivity index (χ2v) is 5.01. The number of rotatable bonds is 5. The van der Waals surface area contributed by atoms with E-state index in [2.05, 4.69) is 10.6 Å². The topological polar surface area (TPSA) is 50.4 Å². The lowest BCUT2D eigenvalue weighted by atomic mass is 10.1. The van der Waals surface area contributed by atoms with Gasteiger partial charge in [-0.1, -0.05) is 6.07 Å². The number of benzene rings is 1. The van der Waals surface area contributed by atoms with Gasteiger partial charge in [0, 0.05) is 13.2 Å². The SMILES string of the molecule is CCNc1c(F)cccc1C(=O)NC(C)C1CCCO1. The van der Waals surface area contributed by atoms with Crippen LogP contribution in [0, 0.1) is 5.82 Å². The molecule has 5 heteroatoms. The fourth-order valence-corrected chi connectivity index (χ4v) is 2.44. The lowest BCUT2D eigenvalue weighted by Crippen LogP contribution is -2.41. The Morgan fingerprint density at radius 2 is 2.35 bits per heavy atom. The molecule has 1 heterocycles. The number of para-hydroxylation sites is 1. The molecule has 0 aromatic heterocycles. The monoisotopic (exact) mass is 280 g/mol. The van der Waals surface area contributed by atoms with Gasteiger partial charge >= 0.3 is 0 Å². The molecule has 0 aliphatic carbocycles. The maximum Gasteiger partial charge on any atom is 0.253 e. The minimum absolute atomic E-state index is 0.0510. The normalized spacial score (nSPS) is 19.6. The van der Waals surface area contributed by atoms with Crippen LogP contribution in [-0.4, -0.2) is 31.2 Å². The van der Waals surface area contributed by atoms with Crippen LogP contribution >= 0.6 is 0 Å². The molecule has 0 saturated carbocycles. The second kappa shape index (κ2) is 6.70. The van der Waals surface area contributed by atoms with Gasteiger partial charge in [-0.2, -0.15) is 0 Å². The Labute approximate surface area is 118 Å². The van der Waals surface area contributed by atoms with Gasteiger partial charge in [0.25, 0.3) is 5.91 Å². The fraction of sp³-hybridized carbons (Fsp3) is 0.533. The molecule has 1 aromatic rings. The molecule has 1 saturated heterocycles. The molecule has 1 aliphatic heterocycles. The number of ether oxygens (including phenoxy) is 1. The number of hydrogen-bond donors (Lipinski definition) is 2. The fourth-order valence-electron chi connectivity index (χ4n) is 2.44. The number of nitrogens with one attached hydrogen (secondary N) is 2. The standard InChI is InChI=1S/C15H21FN2O2/c1-3-17-14-11(6-4-7-12(14)16)15(19)18-10(2)13-8-5-9-20-13/h4,6-7,10,13,17H,3,5,8-9H2,1-2H3,(H,18,19). The summed E-state index contributed by atoms with van der Waals surface area (Å²) in [4.78, 5) is 12.3. The zero-order chi connectivity index (χ0) is 14.5. The molecule has 0 spiro atoms. The molecule has 2 atom stereocenters. The Bertz CT molecular complexity index is 473. The van der Waals surface area contributed by atoms with Gasteiger partial charge < -0.3 is 15.4 Å². The van der Waals surface area contributed by atoms with Crippen LogP contribution < -0.4 is 10.6 Å². The summed E-state index contributed by atoms with van der Waals surface area (Å²) in [5, 5.41) is 5.79. The van der Waals surface area contributed by atoms with E-state index in [0.717, 1.165) is 19.4 Å². The Kier molecular flexibility index (Phi) is 4.95. The summed E-state index contributed by atoms with van der Waals surface area (Å²) in [5.74, 6) is -0.687. The molecule has 2 unspecified atom stereocenters. The summed E-state index contributed by atoms with van der Waals surface area (Å²) in [6.45, 7) is 5.08. The van der Waals surface area contributed by atoms with E-state index in [0.29, 0.717) is 12.1 Å². The van der Waals surface area contributed by atoms with Gasteiger partial charge in [0.1, 0.15) is 5.82 Å². The van der Waals surface area contributed by atoms with E-state index in [1.165, 1.54) is 6.07 Å². The summed E-state index contributed by atoms with van der Waals surface area (Å²) >= 11 is 0. The van der Waals surface area contributed by atoms with E-state index in [4.69, 9.17) is 4.74 Å². The average molecular weight is 280 g/mol. The van der Waals surface area contributed by atoms with Gasteiger partial charge in [0.15, 0.2) is 0 Å². The zero-order valence-corrected chi connectivity index (χ0v) is 11.9. The molecular formula is C15H21FN2O2. The molecule has 0 bridgehead atoms. The third-order valence-corrected chi connectivity index (χ3v) is 3.49. The quantitative estimate of drug-likeness (QED) is 0.871. The summed E-state index contributed by atoms with van der Waals surface area (Å²) < 4.78 is 19.3.